The van der Waals surface area contributed by atoms with E-state index >= 15 is 0 Å². The summed E-state index contributed by atoms with van der Waals surface area (Å²) in [5, 5.41) is 10.3. The Labute approximate surface area is 133 Å². The Bertz CT molecular complexity index is 638. The molecule has 8 heteroatoms. The minimum atomic E-state index is -0.518. The van der Waals surface area contributed by atoms with E-state index in [9.17, 15) is 14.7 Å². The summed E-state index contributed by atoms with van der Waals surface area (Å²) in [5.74, 6) is 0.178. The van der Waals surface area contributed by atoms with Crippen molar-refractivity contribution in [2.75, 3.05) is 0 Å². The van der Waals surface area contributed by atoms with Crippen LogP contribution < -0.4 is 16.3 Å². The molecule has 2 aromatic rings. The average Bonchev–Trinajstić information content (AvgIpc) is 2.57. The number of aromatic hydroxyl groups is 1. The molecule has 7 nitrogen and oxygen atoms in total. The van der Waals surface area contributed by atoms with E-state index in [1.54, 1.807) is 24.3 Å². The Hall–Kier alpha value is -4.06. The maximum Gasteiger partial charge on any atom is 0.348 e. The summed E-state index contributed by atoms with van der Waals surface area (Å²) in [6, 6.07) is 15.3. The molecule has 0 fully saturated rings. The summed E-state index contributed by atoms with van der Waals surface area (Å²) >= 11 is 0. The van der Waals surface area contributed by atoms with Gasteiger partial charge in [0.15, 0.2) is 0 Å². The molecule has 3 amide bonds. The number of amides is 3. The Kier molecular flexibility index (Phi) is 6.79. The van der Waals surface area contributed by atoms with E-state index in [0.717, 1.165) is 16.1 Å². The van der Waals surface area contributed by atoms with Crippen molar-refractivity contribution in [3.8, 4) is 5.75 Å². The smallest absolute Gasteiger partial charge is 0.348 e. The van der Waals surface area contributed by atoms with E-state index in [-0.39, 0.29) is 12.3 Å². The van der Waals surface area contributed by atoms with Crippen LogP contribution in [0.15, 0.2) is 54.6 Å². The summed E-state index contributed by atoms with van der Waals surface area (Å²) in [6.45, 7) is 0.582. The Morgan fingerprint density at radius 1 is 1.04 bits per heavy atom. The van der Waals surface area contributed by atoms with Crippen molar-refractivity contribution in [1.29, 1.82) is 0 Å². The van der Waals surface area contributed by atoms with Crippen molar-refractivity contribution in [3.05, 3.63) is 65.7 Å². The maximum atomic E-state index is 12.1. The van der Waals surface area contributed by atoms with Crippen LogP contribution in [0.1, 0.15) is 11.1 Å². The van der Waals surface area contributed by atoms with Crippen LogP contribution in [-0.2, 0) is 17.9 Å². The largest absolute Gasteiger partial charge is 0.518 e. The zero-order chi connectivity index (χ0) is 16.5. The van der Waals surface area contributed by atoms with Gasteiger partial charge in [-0.05, 0) is 23.3 Å². The van der Waals surface area contributed by atoms with Crippen molar-refractivity contribution in [1.82, 2.24) is 21.3 Å². The minimum absolute atomic E-state index is 0. The number of phenols is 1. The van der Waals surface area contributed by atoms with E-state index in [1.165, 1.54) is 6.41 Å². The summed E-state index contributed by atoms with van der Waals surface area (Å²) in [6.07, 6.45) is 1.49. The topological polar surface area (TPSA) is 93.7 Å². The van der Waals surface area contributed by atoms with Gasteiger partial charge in [-0.2, -0.15) is 0 Å². The molecular weight excluding hydrogens is 553 g/mol. The number of phenolic OH excluding ortho intramolecular Hbond substituents is 1. The van der Waals surface area contributed by atoms with Gasteiger partial charge < -0.3 is 15.3 Å². The standard InChI is InChI=1S/C16H17N4O3.Fm/c21-12-18-20(11-14-4-2-1-3-5-14)16(23)19-17-10-13-6-8-15(22)9-7-13;/h1-9,17,22H,10-11H2,(H,18,21)(H,19,23);/q-1;. The van der Waals surface area contributed by atoms with Gasteiger partial charge in [-0.3, -0.25) is 10.4 Å². The fourth-order valence-electron chi connectivity index (χ4n) is 1.89. The molecule has 2 aromatic carbocycles. The third-order valence-electron chi connectivity index (χ3n) is 3.03. The van der Waals surface area contributed by atoms with E-state index in [4.69, 9.17) is 0 Å². The Balaban J connectivity index is 0.00000288. The quantitative estimate of drug-likeness (QED) is 0.229. The molecule has 2 rings (SSSR count). The van der Waals surface area contributed by atoms with Gasteiger partial charge in [0, 0.05) is 6.54 Å². The Morgan fingerprint density at radius 2 is 1.71 bits per heavy atom. The molecule has 0 bridgehead atoms. The second-order valence-corrected chi connectivity index (χ2v) is 4.74. The number of hydrogen-bond donors (Lipinski definition) is 4. The first-order chi connectivity index (χ1) is 11.2. The van der Waals surface area contributed by atoms with Crippen LogP contribution in [0.2, 0.25) is 0 Å². The number of benzene rings is 2. The second-order valence-electron chi connectivity index (χ2n) is 4.74. The Morgan fingerprint density at radius 3 is 2.33 bits per heavy atom. The summed E-state index contributed by atoms with van der Waals surface area (Å²) in [5.41, 5.74) is 9.21. The second kappa shape index (κ2) is 9.06. The van der Waals surface area contributed by atoms with E-state index < -0.39 is 6.03 Å². The number of nitrogens with zero attached hydrogens (tertiary/aromatic N) is 1. The van der Waals surface area contributed by atoms with Crippen LogP contribution in [-0.4, -0.2) is 22.6 Å². The molecule has 0 aliphatic heterocycles. The molecule has 0 aromatic heterocycles. The van der Waals surface area contributed by atoms with Crippen LogP contribution in [0.25, 0.3) is 0 Å². The molecular formula is C16H17FmN4O3-. The van der Waals surface area contributed by atoms with E-state index in [0.29, 0.717) is 6.54 Å². The molecule has 0 aliphatic rings. The fraction of sp³-hybridized carbons (Fsp3) is 0.125. The molecule has 0 unspecified atom stereocenters. The minimum Gasteiger partial charge on any atom is -0.518 e. The summed E-state index contributed by atoms with van der Waals surface area (Å²) in [7, 11) is 0. The monoisotopic (exact) mass is 570 g/mol. The summed E-state index contributed by atoms with van der Waals surface area (Å²) in [4.78, 5) is 22.6. The van der Waals surface area contributed by atoms with Gasteiger partial charge in [-0.1, -0.05) is 42.5 Å². The molecule has 0 heterocycles. The molecule has 0 saturated heterocycles. The van der Waals surface area contributed by atoms with Gasteiger partial charge in [-0.25, -0.2) is 10.2 Å². The molecule has 132 valence electrons. The first-order valence-electron chi connectivity index (χ1n) is 6.94. The van der Waals surface area contributed by atoms with Gasteiger partial charge in [0.1, 0.15) is 5.75 Å². The fourth-order valence-corrected chi connectivity index (χ4v) is 1.89. The van der Waals surface area contributed by atoms with Crippen LogP contribution in [0, 0.1) is 0 Å². The van der Waals surface area contributed by atoms with Crippen molar-refractivity contribution < 1.29 is 14.7 Å². The van der Waals surface area contributed by atoms with Crippen LogP contribution in [0.3, 0.4) is 0 Å². The molecule has 0 saturated carbocycles. The van der Waals surface area contributed by atoms with Crippen LogP contribution in [0.5, 0.6) is 5.75 Å². The number of rotatable bonds is 7. The van der Waals surface area contributed by atoms with Gasteiger partial charge in [0.25, 0.3) is 0 Å². The molecule has 0 aliphatic carbocycles. The van der Waals surface area contributed by atoms with Gasteiger partial charge in [0.05, 0.1) is 6.54 Å². The first kappa shape index (κ1) is 18.0. The van der Waals surface area contributed by atoms with Crippen molar-refractivity contribution in [3.63, 3.8) is 0 Å². The predicted molar refractivity (Wildman–Crippen MR) is 84.3 cm³/mol. The third-order valence-corrected chi connectivity index (χ3v) is 3.03. The zero-order valence-electron chi connectivity index (χ0n) is 12.6. The maximum absolute atomic E-state index is 12.1. The molecule has 0 radical (unpaired) electrons. The van der Waals surface area contributed by atoms with Crippen molar-refractivity contribution in [2.24, 2.45) is 0 Å². The number of carbonyl (C=O) groups is 1. The van der Waals surface area contributed by atoms with Crippen LogP contribution in [0.4, 0.5) is 4.79 Å². The normalized spacial score (nSPS) is 9.50. The number of carbonyl (C=O) groups excluding carboxylic acids is 2. The number of nitrogens with one attached hydrogen (secondary N) is 3. The zero-order valence-corrected chi connectivity index (χ0v) is 15.0. The van der Waals surface area contributed by atoms with Gasteiger partial charge in [-0.15, -0.1) is 6.41 Å². The number of hydrogen-bond acceptors (Lipinski definition) is 4. The first-order valence-corrected chi connectivity index (χ1v) is 6.94. The van der Waals surface area contributed by atoms with E-state index in [2.05, 4.69) is 16.3 Å². The van der Waals surface area contributed by atoms with Crippen LogP contribution >= 0.6 is 0 Å². The van der Waals surface area contributed by atoms with E-state index in [1.807, 2.05) is 30.3 Å². The molecule has 0 spiro atoms. The van der Waals surface area contributed by atoms with Crippen molar-refractivity contribution in [2.45, 2.75) is 13.1 Å². The number of hydrazine groups is 2. The SMILES string of the molecule is O=[C-]NN(Cc1ccccc1)C(=O)NNCc1ccc(O)cc1.[Fm]. The third kappa shape index (κ3) is 5.38. The van der Waals surface area contributed by atoms with Gasteiger partial charge >= 0.3 is 6.03 Å². The molecule has 24 heavy (non-hydrogen) atoms. The summed E-state index contributed by atoms with van der Waals surface area (Å²) < 4.78 is 0. The van der Waals surface area contributed by atoms with Crippen molar-refractivity contribution >= 4 is 12.4 Å². The van der Waals surface area contributed by atoms with Gasteiger partial charge in [0.2, 0.25) is 0 Å². The molecule has 4 N–H and O–H groups in total. The molecule has 0 atom stereocenters. The predicted octanol–water partition coefficient (Wildman–Crippen LogP) is 1.18. The average molecular weight is 570 g/mol. The number of urea groups is 1.